The van der Waals surface area contributed by atoms with Crippen LogP contribution in [0.2, 0.25) is 0 Å². The Hall–Kier alpha value is -0.950. The second-order valence-electron chi connectivity index (χ2n) is 4.97. The van der Waals surface area contributed by atoms with Crippen LogP contribution in [-0.2, 0) is 9.53 Å². The number of ether oxygens (including phenoxy) is 1. The summed E-state index contributed by atoms with van der Waals surface area (Å²) in [7, 11) is 0. The molecule has 3 aliphatic heterocycles. The van der Waals surface area contributed by atoms with Gasteiger partial charge >= 0.3 is 12.0 Å². The van der Waals surface area contributed by atoms with Gasteiger partial charge in [-0.2, -0.15) is 0 Å². The molecule has 3 fully saturated rings. The zero-order valence-corrected chi connectivity index (χ0v) is 10.8. The van der Waals surface area contributed by atoms with E-state index < -0.39 is 12.0 Å². The van der Waals surface area contributed by atoms with Crippen LogP contribution in [0.3, 0.4) is 0 Å². The highest BCUT2D eigenvalue weighted by molar-refractivity contribution is 7.99. The molecule has 2 amide bonds. The fourth-order valence-corrected chi connectivity index (χ4v) is 3.93. The van der Waals surface area contributed by atoms with Crippen molar-refractivity contribution < 1.29 is 19.4 Å². The van der Waals surface area contributed by atoms with Crippen LogP contribution in [0, 0.1) is 0 Å². The number of morpholine rings is 1. The van der Waals surface area contributed by atoms with Crippen LogP contribution in [0.5, 0.6) is 0 Å². The van der Waals surface area contributed by atoms with Gasteiger partial charge in [0.1, 0.15) is 6.04 Å². The highest BCUT2D eigenvalue weighted by Crippen LogP contribution is 2.29. The van der Waals surface area contributed by atoms with Gasteiger partial charge in [0.05, 0.1) is 18.1 Å². The monoisotopic (exact) mass is 272 g/mol. The number of amides is 2. The van der Waals surface area contributed by atoms with Gasteiger partial charge < -0.3 is 19.6 Å². The first-order valence-corrected chi connectivity index (χ1v) is 7.32. The number of carbonyl (C=O) groups excluding carboxylic acids is 1. The number of carboxylic acids is 1. The molecule has 0 saturated carbocycles. The number of likely N-dealkylation sites (tertiary alicyclic amines) is 1. The molecule has 2 bridgehead atoms. The molecule has 0 spiro atoms. The molecule has 1 N–H and O–H groups in total. The molecule has 2 unspecified atom stereocenters. The van der Waals surface area contributed by atoms with E-state index in [1.165, 1.54) is 16.7 Å². The summed E-state index contributed by atoms with van der Waals surface area (Å²) in [4.78, 5) is 26.7. The number of rotatable bonds is 1. The molecule has 0 radical (unpaired) electrons. The smallest absolute Gasteiger partial charge is 0.327 e. The van der Waals surface area contributed by atoms with Crippen LogP contribution in [0.4, 0.5) is 4.79 Å². The number of carboxylic acid groups (broad SMARTS) is 1. The Labute approximate surface area is 109 Å². The number of hydrogen-bond donors (Lipinski definition) is 1. The molecular formula is C11H16N2O4S. The van der Waals surface area contributed by atoms with Gasteiger partial charge in [0.2, 0.25) is 0 Å². The van der Waals surface area contributed by atoms with E-state index in [0.29, 0.717) is 24.7 Å². The maximum Gasteiger partial charge on any atom is 0.327 e. The standard InChI is InChI=1S/C11H16N2O4S/c14-10(15)9-5-18-6-13(9)11(16)12-3-7-1-2-8(4-12)17-7/h7-9H,1-6H2,(H,14,15)/t7?,8?,9-/m0/s1. The van der Waals surface area contributed by atoms with Crippen LogP contribution in [-0.4, -0.2) is 69.9 Å². The number of carbonyl (C=O) groups is 2. The average molecular weight is 272 g/mol. The lowest BCUT2D eigenvalue weighted by atomic mass is 10.2. The largest absolute Gasteiger partial charge is 0.480 e. The van der Waals surface area contributed by atoms with Gasteiger partial charge in [0.25, 0.3) is 0 Å². The number of hydrogen-bond acceptors (Lipinski definition) is 4. The molecule has 3 atom stereocenters. The van der Waals surface area contributed by atoms with Crippen molar-refractivity contribution in [3.05, 3.63) is 0 Å². The van der Waals surface area contributed by atoms with Crippen molar-refractivity contribution in [2.45, 2.75) is 31.1 Å². The first-order valence-electron chi connectivity index (χ1n) is 6.16. The van der Waals surface area contributed by atoms with Gasteiger partial charge in [-0.15, -0.1) is 11.8 Å². The van der Waals surface area contributed by atoms with Gasteiger partial charge in [-0.25, -0.2) is 9.59 Å². The molecule has 18 heavy (non-hydrogen) atoms. The quantitative estimate of drug-likeness (QED) is 0.749. The minimum atomic E-state index is -0.912. The molecule has 3 saturated heterocycles. The molecule has 0 aromatic rings. The fourth-order valence-electron chi connectivity index (χ4n) is 2.79. The Morgan fingerprint density at radius 3 is 2.50 bits per heavy atom. The Kier molecular flexibility index (Phi) is 3.11. The van der Waals surface area contributed by atoms with E-state index >= 15 is 0 Å². The normalized spacial score (nSPS) is 35.0. The van der Waals surface area contributed by atoms with E-state index in [2.05, 4.69) is 0 Å². The summed E-state index contributed by atoms with van der Waals surface area (Å²) in [5.74, 6) is 0.0467. The maximum atomic E-state index is 12.4. The predicted octanol–water partition coefficient (Wildman–Crippen LogP) is 0.429. The lowest BCUT2D eigenvalue weighted by Crippen LogP contribution is -2.54. The summed E-state index contributed by atoms with van der Waals surface area (Å²) < 4.78 is 5.68. The van der Waals surface area contributed by atoms with Crippen molar-refractivity contribution in [1.82, 2.24) is 9.80 Å². The Morgan fingerprint density at radius 1 is 1.22 bits per heavy atom. The van der Waals surface area contributed by atoms with Crippen molar-refractivity contribution >= 4 is 23.8 Å². The summed E-state index contributed by atoms with van der Waals surface area (Å²) >= 11 is 1.49. The highest BCUT2D eigenvalue weighted by Gasteiger charge is 2.41. The predicted molar refractivity (Wildman–Crippen MR) is 65.5 cm³/mol. The fraction of sp³-hybridized carbons (Fsp3) is 0.818. The third kappa shape index (κ3) is 2.05. The van der Waals surface area contributed by atoms with E-state index in [4.69, 9.17) is 9.84 Å². The van der Waals surface area contributed by atoms with E-state index in [-0.39, 0.29) is 18.2 Å². The highest BCUT2D eigenvalue weighted by atomic mass is 32.2. The molecule has 0 aromatic carbocycles. The van der Waals surface area contributed by atoms with Crippen molar-refractivity contribution in [1.29, 1.82) is 0 Å². The summed E-state index contributed by atoms with van der Waals surface area (Å²) in [6, 6.07) is -0.824. The second-order valence-corrected chi connectivity index (χ2v) is 5.97. The lowest BCUT2D eigenvalue weighted by molar-refractivity contribution is -0.141. The zero-order chi connectivity index (χ0) is 12.7. The third-order valence-corrected chi connectivity index (χ3v) is 4.74. The number of thioether (sulfide) groups is 1. The van der Waals surface area contributed by atoms with Gasteiger partial charge in [0, 0.05) is 18.8 Å². The summed E-state index contributed by atoms with van der Waals surface area (Å²) in [5, 5.41) is 9.10. The topological polar surface area (TPSA) is 70.1 Å². The van der Waals surface area contributed by atoms with E-state index in [0.717, 1.165) is 12.8 Å². The maximum absolute atomic E-state index is 12.4. The summed E-state index contributed by atoms with van der Waals surface area (Å²) in [6.07, 6.45) is 2.30. The zero-order valence-electron chi connectivity index (χ0n) is 9.95. The van der Waals surface area contributed by atoms with Crippen LogP contribution < -0.4 is 0 Å². The third-order valence-electron chi connectivity index (χ3n) is 3.73. The Balaban J connectivity index is 1.69. The number of aliphatic carboxylic acids is 1. The van der Waals surface area contributed by atoms with Crippen LogP contribution in [0.15, 0.2) is 0 Å². The van der Waals surface area contributed by atoms with Crippen molar-refractivity contribution in [3.8, 4) is 0 Å². The van der Waals surface area contributed by atoms with Crippen LogP contribution in [0.1, 0.15) is 12.8 Å². The minimum Gasteiger partial charge on any atom is -0.480 e. The van der Waals surface area contributed by atoms with Crippen molar-refractivity contribution in [2.75, 3.05) is 24.7 Å². The first kappa shape index (κ1) is 12.1. The van der Waals surface area contributed by atoms with Crippen molar-refractivity contribution in [2.24, 2.45) is 0 Å². The van der Waals surface area contributed by atoms with E-state index in [9.17, 15) is 9.59 Å². The second kappa shape index (κ2) is 4.62. The lowest BCUT2D eigenvalue weighted by Gasteiger charge is -2.35. The van der Waals surface area contributed by atoms with Crippen LogP contribution >= 0.6 is 11.8 Å². The summed E-state index contributed by atoms with van der Waals surface area (Å²) in [6.45, 7) is 1.20. The molecule has 0 aliphatic carbocycles. The minimum absolute atomic E-state index is 0.145. The van der Waals surface area contributed by atoms with Gasteiger partial charge in [-0.1, -0.05) is 0 Å². The molecular weight excluding hydrogens is 256 g/mol. The van der Waals surface area contributed by atoms with Gasteiger partial charge in [-0.3, -0.25) is 0 Å². The molecule has 6 nitrogen and oxygen atoms in total. The Morgan fingerprint density at radius 2 is 1.89 bits per heavy atom. The van der Waals surface area contributed by atoms with Gasteiger partial charge in [0.15, 0.2) is 0 Å². The van der Waals surface area contributed by atoms with E-state index in [1.54, 1.807) is 4.90 Å². The number of nitrogens with zero attached hydrogens (tertiary/aromatic N) is 2. The molecule has 3 aliphatic rings. The molecule has 3 rings (SSSR count). The Bertz CT molecular complexity index is 366. The molecule has 7 heteroatoms. The molecule has 0 aromatic heterocycles. The van der Waals surface area contributed by atoms with Gasteiger partial charge in [-0.05, 0) is 12.8 Å². The molecule has 3 heterocycles. The van der Waals surface area contributed by atoms with Crippen LogP contribution in [0.25, 0.3) is 0 Å². The number of fused-ring (bicyclic) bond motifs is 2. The van der Waals surface area contributed by atoms with E-state index in [1.807, 2.05) is 0 Å². The average Bonchev–Trinajstić information content (AvgIpc) is 2.95. The SMILES string of the molecule is O=C(O)[C@@H]1CSCN1C(=O)N1CC2CCC(C1)O2. The summed E-state index contributed by atoms with van der Waals surface area (Å²) in [5.41, 5.74) is 0. The first-order chi connectivity index (χ1) is 8.65. The van der Waals surface area contributed by atoms with Crippen molar-refractivity contribution in [3.63, 3.8) is 0 Å². The molecule has 100 valence electrons. The number of urea groups is 1.